The predicted molar refractivity (Wildman–Crippen MR) is 116 cm³/mol. The summed E-state index contributed by atoms with van der Waals surface area (Å²) in [6.07, 6.45) is 7.23. The summed E-state index contributed by atoms with van der Waals surface area (Å²) in [5, 5.41) is 5.78. The standard InChI is InChI=1S/C23H32N4O3/c1-16-8-4-5-13-23(16)21(29)27(22(30)25-23)17(2)20(28)24-18-9-11-19(12-10-18)26-14-6-3-7-15-26/h9-12,16-17H,3-8,13-15H2,1-2H3,(H,24,28)(H,25,30)/t16-,17-,23-/m0/s1. The van der Waals surface area contributed by atoms with Crippen molar-refractivity contribution in [1.82, 2.24) is 10.2 Å². The Balaban J connectivity index is 1.42. The van der Waals surface area contributed by atoms with E-state index in [1.165, 1.54) is 19.3 Å². The third kappa shape index (κ3) is 3.66. The fraction of sp³-hybridized carbons (Fsp3) is 0.609. The molecule has 4 rings (SSSR count). The molecule has 2 heterocycles. The molecule has 7 nitrogen and oxygen atoms in total. The Hall–Kier alpha value is -2.57. The zero-order valence-corrected chi connectivity index (χ0v) is 17.9. The first-order valence-corrected chi connectivity index (χ1v) is 11.2. The maximum Gasteiger partial charge on any atom is 0.325 e. The summed E-state index contributed by atoms with van der Waals surface area (Å²) < 4.78 is 0. The van der Waals surface area contributed by atoms with E-state index in [-0.39, 0.29) is 17.7 Å². The quantitative estimate of drug-likeness (QED) is 0.742. The van der Waals surface area contributed by atoms with Crippen LogP contribution in [0.25, 0.3) is 0 Å². The second-order valence-electron chi connectivity index (χ2n) is 8.98. The molecule has 30 heavy (non-hydrogen) atoms. The second-order valence-corrected chi connectivity index (χ2v) is 8.98. The van der Waals surface area contributed by atoms with Crippen molar-refractivity contribution in [3.63, 3.8) is 0 Å². The smallest absolute Gasteiger partial charge is 0.325 e. The summed E-state index contributed by atoms with van der Waals surface area (Å²) >= 11 is 0. The molecule has 3 aliphatic rings. The third-order valence-corrected chi connectivity index (χ3v) is 7.07. The summed E-state index contributed by atoms with van der Waals surface area (Å²) in [6.45, 7) is 5.75. The molecular weight excluding hydrogens is 380 g/mol. The summed E-state index contributed by atoms with van der Waals surface area (Å²) in [5.74, 6) is -0.544. The van der Waals surface area contributed by atoms with Gasteiger partial charge in [0, 0.05) is 24.5 Å². The highest BCUT2D eigenvalue weighted by Gasteiger charge is 2.56. The molecule has 1 aliphatic carbocycles. The molecule has 0 aromatic heterocycles. The molecule has 2 aliphatic heterocycles. The van der Waals surface area contributed by atoms with E-state index < -0.39 is 17.6 Å². The molecule has 2 N–H and O–H groups in total. The number of carbonyl (C=O) groups excluding carboxylic acids is 3. The number of hydrogen-bond donors (Lipinski definition) is 2. The number of carbonyl (C=O) groups is 3. The molecule has 0 radical (unpaired) electrons. The molecular formula is C23H32N4O3. The first-order chi connectivity index (χ1) is 14.4. The minimum Gasteiger partial charge on any atom is -0.372 e. The largest absolute Gasteiger partial charge is 0.372 e. The third-order valence-electron chi connectivity index (χ3n) is 7.07. The van der Waals surface area contributed by atoms with Gasteiger partial charge in [-0.2, -0.15) is 0 Å². The molecule has 7 heteroatoms. The van der Waals surface area contributed by atoms with Crippen molar-refractivity contribution < 1.29 is 14.4 Å². The molecule has 162 valence electrons. The van der Waals surface area contributed by atoms with E-state index in [9.17, 15) is 14.4 Å². The van der Waals surface area contributed by atoms with Gasteiger partial charge >= 0.3 is 6.03 Å². The Bertz CT molecular complexity index is 818. The van der Waals surface area contributed by atoms with Crippen molar-refractivity contribution in [3.8, 4) is 0 Å². The van der Waals surface area contributed by atoms with E-state index in [0.717, 1.165) is 42.9 Å². The van der Waals surface area contributed by atoms with Gasteiger partial charge in [-0.25, -0.2) is 9.69 Å². The van der Waals surface area contributed by atoms with Crippen LogP contribution in [-0.4, -0.2) is 47.4 Å². The maximum atomic E-state index is 13.2. The number of piperidine rings is 1. The molecule has 3 fully saturated rings. The Morgan fingerprint density at radius 3 is 2.47 bits per heavy atom. The van der Waals surface area contributed by atoms with Crippen LogP contribution in [-0.2, 0) is 9.59 Å². The molecule has 0 unspecified atom stereocenters. The van der Waals surface area contributed by atoms with Crippen LogP contribution in [0.2, 0.25) is 0 Å². The lowest BCUT2D eigenvalue weighted by Crippen LogP contribution is -2.54. The normalized spacial score (nSPS) is 27.9. The Kier molecular flexibility index (Phi) is 5.71. The minimum absolute atomic E-state index is 0.0743. The zero-order valence-electron chi connectivity index (χ0n) is 17.9. The number of amides is 4. The van der Waals surface area contributed by atoms with E-state index in [0.29, 0.717) is 12.1 Å². The van der Waals surface area contributed by atoms with Crippen molar-refractivity contribution in [2.75, 3.05) is 23.3 Å². The van der Waals surface area contributed by atoms with Gasteiger partial charge in [-0.15, -0.1) is 0 Å². The van der Waals surface area contributed by atoms with Gasteiger partial charge in [0.05, 0.1) is 0 Å². The maximum absolute atomic E-state index is 13.2. The molecule has 1 aromatic carbocycles. The zero-order chi connectivity index (χ0) is 21.3. The van der Waals surface area contributed by atoms with E-state index in [4.69, 9.17) is 0 Å². The van der Waals surface area contributed by atoms with E-state index in [1.54, 1.807) is 6.92 Å². The number of rotatable bonds is 4. The lowest BCUT2D eigenvalue weighted by molar-refractivity contribution is -0.138. The molecule has 0 bridgehead atoms. The average Bonchev–Trinajstić information content (AvgIpc) is 3.01. The number of nitrogens with zero attached hydrogens (tertiary/aromatic N) is 2. The van der Waals surface area contributed by atoms with Crippen LogP contribution < -0.4 is 15.5 Å². The topological polar surface area (TPSA) is 81.8 Å². The van der Waals surface area contributed by atoms with Gasteiger partial charge in [0.25, 0.3) is 5.91 Å². The van der Waals surface area contributed by atoms with Gasteiger partial charge in [0.2, 0.25) is 5.91 Å². The van der Waals surface area contributed by atoms with Crippen molar-refractivity contribution in [3.05, 3.63) is 24.3 Å². The molecule has 3 atom stereocenters. The first-order valence-electron chi connectivity index (χ1n) is 11.2. The van der Waals surface area contributed by atoms with E-state index in [1.807, 2.05) is 31.2 Å². The van der Waals surface area contributed by atoms with Gasteiger partial charge in [0.1, 0.15) is 11.6 Å². The SMILES string of the molecule is C[C@@H](C(=O)Nc1ccc(N2CCCCC2)cc1)N1C(=O)N[C@]2(CCCC[C@@H]2C)C1=O. The highest BCUT2D eigenvalue weighted by molar-refractivity contribution is 6.11. The number of hydrogen-bond acceptors (Lipinski definition) is 4. The van der Waals surface area contributed by atoms with Gasteiger partial charge in [-0.05, 0) is 69.2 Å². The molecule has 1 spiro atoms. The predicted octanol–water partition coefficient (Wildman–Crippen LogP) is 3.50. The van der Waals surface area contributed by atoms with Crippen LogP contribution in [0.1, 0.15) is 58.8 Å². The van der Waals surface area contributed by atoms with Gasteiger partial charge < -0.3 is 15.5 Å². The average molecular weight is 413 g/mol. The molecule has 1 saturated carbocycles. The van der Waals surface area contributed by atoms with Crippen molar-refractivity contribution in [1.29, 1.82) is 0 Å². The fourth-order valence-corrected chi connectivity index (χ4v) is 5.09. The summed E-state index contributed by atoms with van der Waals surface area (Å²) in [6, 6.07) is 6.45. The second kappa shape index (κ2) is 8.28. The Labute approximate surface area is 178 Å². The number of anilines is 2. The molecule has 1 aromatic rings. The van der Waals surface area contributed by atoms with Crippen LogP contribution in [0.15, 0.2) is 24.3 Å². The number of imide groups is 1. The first kappa shape index (κ1) is 20.7. The molecule has 4 amide bonds. The number of benzene rings is 1. The number of nitrogens with one attached hydrogen (secondary N) is 2. The fourth-order valence-electron chi connectivity index (χ4n) is 5.09. The van der Waals surface area contributed by atoms with Crippen LogP contribution in [0, 0.1) is 5.92 Å². The Morgan fingerprint density at radius 1 is 1.10 bits per heavy atom. The summed E-state index contributed by atoms with van der Waals surface area (Å²) in [7, 11) is 0. The van der Waals surface area contributed by atoms with Crippen molar-refractivity contribution in [2.24, 2.45) is 5.92 Å². The van der Waals surface area contributed by atoms with Gasteiger partial charge in [-0.3, -0.25) is 9.59 Å². The number of urea groups is 1. The van der Waals surface area contributed by atoms with E-state index >= 15 is 0 Å². The summed E-state index contributed by atoms with van der Waals surface area (Å²) in [5.41, 5.74) is 0.975. The van der Waals surface area contributed by atoms with E-state index in [2.05, 4.69) is 15.5 Å². The monoisotopic (exact) mass is 412 g/mol. The lowest BCUT2D eigenvalue weighted by atomic mass is 9.73. The molecule has 2 saturated heterocycles. The highest BCUT2D eigenvalue weighted by Crippen LogP contribution is 2.38. The summed E-state index contributed by atoms with van der Waals surface area (Å²) in [4.78, 5) is 42.1. The lowest BCUT2D eigenvalue weighted by Gasteiger charge is -2.37. The minimum atomic E-state index is -0.868. The van der Waals surface area contributed by atoms with Crippen LogP contribution >= 0.6 is 0 Å². The van der Waals surface area contributed by atoms with Gasteiger partial charge in [-0.1, -0.05) is 19.8 Å². The Morgan fingerprint density at radius 2 is 1.80 bits per heavy atom. The van der Waals surface area contributed by atoms with Crippen molar-refractivity contribution >= 4 is 29.2 Å². The van der Waals surface area contributed by atoms with Crippen LogP contribution in [0.3, 0.4) is 0 Å². The van der Waals surface area contributed by atoms with Crippen LogP contribution in [0.4, 0.5) is 16.2 Å². The van der Waals surface area contributed by atoms with Crippen molar-refractivity contribution in [2.45, 2.75) is 70.4 Å². The van der Waals surface area contributed by atoms with Crippen LogP contribution in [0.5, 0.6) is 0 Å². The highest BCUT2D eigenvalue weighted by atomic mass is 16.2. The van der Waals surface area contributed by atoms with Gasteiger partial charge in [0.15, 0.2) is 0 Å².